The molecule has 1 aliphatic rings. The van der Waals surface area contributed by atoms with Gasteiger partial charge in [-0.15, -0.1) is 0 Å². The molecule has 0 bridgehead atoms. The fourth-order valence-electron chi connectivity index (χ4n) is 2.56. The van der Waals surface area contributed by atoms with E-state index in [2.05, 4.69) is 21.2 Å². The first-order valence-electron chi connectivity index (χ1n) is 6.47. The molecular formula is C14H19BrN2O. The fraction of sp³-hybridized carbons (Fsp3) is 0.500. The van der Waals surface area contributed by atoms with Crippen LogP contribution in [0.15, 0.2) is 28.7 Å². The third-order valence-electron chi connectivity index (χ3n) is 3.62. The minimum atomic E-state index is 0.00153. The Kier molecular flexibility index (Phi) is 4.78. The molecule has 98 valence electrons. The third-order valence-corrected chi connectivity index (χ3v) is 4.11. The maximum absolute atomic E-state index is 12.2. The predicted molar refractivity (Wildman–Crippen MR) is 76.4 cm³/mol. The molecule has 1 fully saturated rings. The van der Waals surface area contributed by atoms with Gasteiger partial charge in [-0.25, -0.2) is 0 Å². The second-order valence-electron chi connectivity index (χ2n) is 4.87. The van der Waals surface area contributed by atoms with Crippen LogP contribution in [0.3, 0.4) is 0 Å². The Balaban J connectivity index is 2.02. The molecule has 2 atom stereocenters. The minimum Gasteiger partial charge on any atom is -0.349 e. The van der Waals surface area contributed by atoms with Crippen molar-refractivity contribution in [2.75, 3.05) is 6.54 Å². The molecule has 1 amide bonds. The molecule has 3 nitrogen and oxygen atoms in total. The maximum atomic E-state index is 12.2. The lowest BCUT2D eigenvalue weighted by Gasteiger charge is -2.31. The van der Waals surface area contributed by atoms with Crippen molar-refractivity contribution in [3.8, 4) is 0 Å². The number of halogens is 1. The fourth-order valence-corrected chi connectivity index (χ4v) is 2.96. The van der Waals surface area contributed by atoms with Crippen LogP contribution >= 0.6 is 15.9 Å². The SMILES string of the molecule is NCC1CCCCC1NC(=O)c1cccc(Br)c1. The highest BCUT2D eigenvalue weighted by molar-refractivity contribution is 9.10. The molecule has 3 N–H and O–H groups in total. The molecule has 2 rings (SSSR count). The summed E-state index contributed by atoms with van der Waals surface area (Å²) >= 11 is 3.38. The Morgan fingerprint density at radius 3 is 2.89 bits per heavy atom. The van der Waals surface area contributed by atoms with Crippen LogP contribution in [0.1, 0.15) is 36.0 Å². The zero-order valence-corrected chi connectivity index (χ0v) is 11.9. The Hall–Kier alpha value is -0.870. The molecule has 0 spiro atoms. The Bertz CT molecular complexity index is 422. The second kappa shape index (κ2) is 6.34. The molecule has 4 heteroatoms. The van der Waals surface area contributed by atoms with Crippen LogP contribution in [0.4, 0.5) is 0 Å². The topological polar surface area (TPSA) is 55.1 Å². The third kappa shape index (κ3) is 3.33. The van der Waals surface area contributed by atoms with E-state index in [0.29, 0.717) is 18.0 Å². The van der Waals surface area contributed by atoms with Crippen molar-refractivity contribution in [3.05, 3.63) is 34.3 Å². The van der Waals surface area contributed by atoms with E-state index in [1.165, 1.54) is 12.8 Å². The Labute approximate surface area is 116 Å². The molecule has 1 aromatic carbocycles. The molecule has 0 aliphatic heterocycles. The number of hydrogen-bond acceptors (Lipinski definition) is 2. The van der Waals surface area contributed by atoms with Gasteiger partial charge in [-0.1, -0.05) is 34.8 Å². The van der Waals surface area contributed by atoms with Crippen molar-refractivity contribution in [3.63, 3.8) is 0 Å². The van der Waals surface area contributed by atoms with E-state index in [1.807, 2.05) is 24.3 Å². The summed E-state index contributed by atoms with van der Waals surface area (Å²) in [6.07, 6.45) is 4.58. The van der Waals surface area contributed by atoms with Gasteiger partial charge < -0.3 is 11.1 Å². The summed E-state index contributed by atoms with van der Waals surface area (Å²) in [4.78, 5) is 12.2. The summed E-state index contributed by atoms with van der Waals surface area (Å²) in [5.74, 6) is 0.427. The molecule has 18 heavy (non-hydrogen) atoms. The summed E-state index contributed by atoms with van der Waals surface area (Å²) < 4.78 is 0.925. The normalized spacial score (nSPS) is 23.7. The summed E-state index contributed by atoms with van der Waals surface area (Å²) in [6.45, 7) is 0.656. The predicted octanol–water partition coefficient (Wildman–Crippen LogP) is 2.70. The number of hydrogen-bond donors (Lipinski definition) is 2. The standard InChI is InChI=1S/C14H19BrN2O/c15-12-6-3-5-10(8-12)14(18)17-13-7-2-1-4-11(13)9-16/h3,5-6,8,11,13H,1-2,4,7,9,16H2,(H,17,18). The summed E-state index contributed by atoms with van der Waals surface area (Å²) in [6, 6.07) is 7.70. The van der Waals surface area contributed by atoms with Gasteiger partial charge >= 0.3 is 0 Å². The number of amides is 1. The van der Waals surface area contributed by atoms with Crippen LogP contribution in [0, 0.1) is 5.92 Å². The van der Waals surface area contributed by atoms with Gasteiger partial charge in [0.25, 0.3) is 5.91 Å². The number of rotatable bonds is 3. The van der Waals surface area contributed by atoms with Crippen LogP contribution < -0.4 is 11.1 Å². The van der Waals surface area contributed by atoms with Crippen LogP contribution in [0.5, 0.6) is 0 Å². The highest BCUT2D eigenvalue weighted by Crippen LogP contribution is 2.24. The van der Waals surface area contributed by atoms with Crippen molar-refractivity contribution in [1.82, 2.24) is 5.32 Å². The van der Waals surface area contributed by atoms with Gasteiger partial charge in [-0.05, 0) is 43.5 Å². The van der Waals surface area contributed by atoms with Crippen LogP contribution in [-0.2, 0) is 0 Å². The second-order valence-corrected chi connectivity index (χ2v) is 5.79. The Morgan fingerprint density at radius 1 is 1.39 bits per heavy atom. The van der Waals surface area contributed by atoms with Gasteiger partial charge in [0.05, 0.1) is 0 Å². The smallest absolute Gasteiger partial charge is 0.251 e. The largest absolute Gasteiger partial charge is 0.349 e. The summed E-state index contributed by atoms with van der Waals surface area (Å²) in [5, 5.41) is 3.12. The molecule has 0 saturated heterocycles. The van der Waals surface area contributed by atoms with Crippen molar-refractivity contribution in [2.24, 2.45) is 11.7 Å². The lowest BCUT2D eigenvalue weighted by molar-refractivity contribution is 0.0908. The van der Waals surface area contributed by atoms with E-state index in [-0.39, 0.29) is 11.9 Å². The van der Waals surface area contributed by atoms with E-state index in [9.17, 15) is 4.79 Å². The number of carbonyl (C=O) groups excluding carboxylic acids is 1. The number of nitrogens with one attached hydrogen (secondary N) is 1. The number of carbonyl (C=O) groups is 1. The quantitative estimate of drug-likeness (QED) is 0.902. The zero-order valence-electron chi connectivity index (χ0n) is 10.4. The number of nitrogens with two attached hydrogens (primary N) is 1. The van der Waals surface area contributed by atoms with E-state index < -0.39 is 0 Å². The lowest BCUT2D eigenvalue weighted by atomic mass is 9.84. The Morgan fingerprint density at radius 2 is 2.17 bits per heavy atom. The molecule has 2 unspecified atom stereocenters. The van der Waals surface area contributed by atoms with Gasteiger partial charge in [0, 0.05) is 16.1 Å². The van der Waals surface area contributed by atoms with Crippen LogP contribution in [0.25, 0.3) is 0 Å². The van der Waals surface area contributed by atoms with E-state index in [0.717, 1.165) is 17.3 Å². The summed E-state index contributed by atoms with van der Waals surface area (Å²) in [5.41, 5.74) is 6.47. The average molecular weight is 311 g/mol. The van der Waals surface area contributed by atoms with Crippen molar-refractivity contribution in [1.29, 1.82) is 0 Å². The van der Waals surface area contributed by atoms with E-state index >= 15 is 0 Å². The molecule has 1 aliphatic carbocycles. The van der Waals surface area contributed by atoms with Crippen LogP contribution in [0.2, 0.25) is 0 Å². The lowest BCUT2D eigenvalue weighted by Crippen LogP contribution is -2.44. The molecule has 0 radical (unpaired) electrons. The summed E-state index contributed by atoms with van der Waals surface area (Å²) in [7, 11) is 0. The number of benzene rings is 1. The van der Waals surface area contributed by atoms with E-state index in [4.69, 9.17) is 5.73 Å². The van der Waals surface area contributed by atoms with Crippen LogP contribution in [-0.4, -0.2) is 18.5 Å². The molecule has 0 heterocycles. The van der Waals surface area contributed by atoms with Gasteiger partial charge in [-0.3, -0.25) is 4.79 Å². The molecule has 0 aromatic heterocycles. The molecule has 1 aromatic rings. The van der Waals surface area contributed by atoms with Gasteiger partial charge in [-0.2, -0.15) is 0 Å². The van der Waals surface area contributed by atoms with Gasteiger partial charge in [0.2, 0.25) is 0 Å². The molecular weight excluding hydrogens is 292 g/mol. The zero-order chi connectivity index (χ0) is 13.0. The van der Waals surface area contributed by atoms with E-state index in [1.54, 1.807) is 0 Å². The minimum absolute atomic E-state index is 0.00153. The van der Waals surface area contributed by atoms with Gasteiger partial charge in [0.15, 0.2) is 0 Å². The highest BCUT2D eigenvalue weighted by Gasteiger charge is 2.25. The first kappa shape index (κ1) is 13.6. The molecule has 1 saturated carbocycles. The first-order chi connectivity index (χ1) is 8.70. The van der Waals surface area contributed by atoms with Crippen molar-refractivity contribution < 1.29 is 4.79 Å². The first-order valence-corrected chi connectivity index (χ1v) is 7.26. The maximum Gasteiger partial charge on any atom is 0.251 e. The monoisotopic (exact) mass is 310 g/mol. The van der Waals surface area contributed by atoms with Crippen molar-refractivity contribution in [2.45, 2.75) is 31.7 Å². The van der Waals surface area contributed by atoms with Crippen molar-refractivity contribution >= 4 is 21.8 Å². The highest BCUT2D eigenvalue weighted by atomic mass is 79.9. The average Bonchev–Trinajstić information content (AvgIpc) is 2.39. The van der Waals surface area contributed by atoms with Gasteiger partial charge in [0.1, 0.15) is 0 Å².